The van der Waals surface area contributed by atoms with Gasteiger partial charge in [0.2, 0.25) is 0 Å². The Balaban J connectivity index is 0.000000237. The van der Waals surface area contributed by atoms with Gasteiger partial charge in [0.25, 0.3) is 0 Å². The SMILES string of the molecule is O=C1CCCCC1.OOC1(c2ccccc2)CCCCC1.Oc1ccccc1.[F-]. The second-order valence-electron chi connectivity index (χ2n) is 7.45. The van der Waals surface area contributed by atoms with E-state index in [9.17, 15) is 4.79 Å². The van der Waals surface area contributed by atoms with E-state index in [-0.39, 0.29) is 4.70 Å². The van der Waals surface area contributed by atoms with Crippen molar-refractivity contribution < 1.29 is 24.8 Å². The molecule has 0 unspecified atom stereocenters. The maximum atomic E-state index is 10.5. The smallest absolute Gasteiger partial charge is 0.132 e. The van der Waals surface area contributed by atoms with Crippen molar-refractivity contribution in [2.75, 3.05) is 0 Å². The number of carbonyl (C=O) groups is 1. The van der Waals surface area contributed by atoms with E-state index in [1.54, 1.807) is 24.3 Å². The van der Waals surface area contributed by atoms with Gasteiger partial charge in [-0.3, -0.25) is 10.1 Å². The van der Waals surface area contributed by atoms with Gasteiger partial charge >= 0.3 is 0 Å². The summed E-state index contributed by atoms with van der Waals surface area (Å²) in [6.07, 6.45) is 10.6. The lowest BCUT2D eigenvalue weighted by atomic mass is 9.80. The zero-order chi connectivity index (χ0) is 20.1. The summed E-state index contributed by atoms with van der Waals surface area (Å²) in [4.78, 5) is 15.2. The topological polar surface area (TPSA) is 66.8 Å². The average Bonchev–Trinajstić information content (AvgIpc) is 2.77. The monoisotopic (exact) mass is 403 g/mol. The maximum Gasteiger partial charge on any atom is 0.132 e. The zero-order valence-corrected chi connectivity index (χ0v) is 16.9. The molecule has 0 amide bonds. The van der Waals surface area contributed by atoms with Crippen LogP contribution in [0.3, 0.4) is 0 Å². The predicted molar refractivity (Wildman–Crippen MR) is 111 cm³/mol. The molecule has 4 rings (SSSR count). The van der Waals surface area contributed by atoms with Gasteiger partial charge in [-0.25, -0.2) is 4.89 Å². The molecule has 0 heterocycles. The molecule has 0 aromatic heterocycles. The number of hydrogen-bond donors (Lipinski definition) is 2. The molecule has 2 fully saturated rings. The fourth-order valence-corrected chi connectivity index (χ4v) is 3.67. The van der Waals surface area contributed by atoms with Crippen LogP contribution >= 0.6 is 0 Å². The first-order chi connectivity index (χ1) is 13.7. The number of phenolic OH excluding ortho intramolecular Hbond substituents is 1. The van der Waals surface area contributed by atoms with E-state index >= 15 is 0 Å². The van der Waals surface area contributed by atoms with Crippen LogP contribution in [0.5, 0.6) is 5.75 Å². The van der Waals surface area contributed by atoms with Crippen LogP contribution in [-0.2, 0) is 15.3 Å². The number of para-hydroxylation sites is 1. The molecule has 160 valence electrons. The van der Waals surface area contributed by atoms with Crippen LogP contribution in [-0.4, -0.2) is 16.1 Å². The second kappa shape index (κ2) is 13.9. The van der Waals surface area contributed by atoms with Gasteiger partial charge in [-0.15, -0.1) is 0 Å². The molecule has 0 saturated heterocycles. The fourth-order valence-electron chi connectivity index (χ4n) is 3.67. The van der Waals surface area contributed by atoms with Crippen LogP contribution in [0.15, 0.2) is 60.7 Å². The van der Waals surface area contributed by atoms with Crippen molar-refractivity contribution in [1.29, 1.82) is 0 Å². The van der Waals surface area contributed by atoms with Gasteiger partial charge < -0.3 is 9.81 Å². The first-order valence-corrected chi connectivity index (χ1v) is 10.3. The van der Waals surface area contributed by atoms with Gasteiger partial charge in [0.1, 0.15) is 17.1 Å². The number of ketones is 1. The summed E-state index contributed by atoms with van der Waals surface area (Å²) in [5.41, 5.74) is 0.668. The second-order valence-corrected chi connectivity index (χ2v) is 7.45. The van der Waals surface area contributed by atoms with E-state index in [4.69, 9.17) is 15.3 Å². The molecule has 2 aromatic rings. The van der Waals surface area contributed by atoms with E-state index in [2.05, 4.69) is 0 Å². The number of benzene rings is 2. The number of aromatic hydroxyl groups is 1. The highest BCUT2D eigenvalue weighted by Gasteiger charge is 2.35. The van der Waals surface area contributed by atoms with Crippen molar-refractivity contribution in [1.82, 2.24) is 0 Å². The summed E-state index contributed by atoms with van der Waals surface area (Å²) in [6.45, 7) is 0. The van der Waals surface area contributed by atoms with Gasteiger partial charge in [0, 0.05) is 12.8 Å². The summed E-state index contributed by atoms with van der Waals surface area (Å²) < 4.78 is 0. The van der Waals surface area contributed by atoms with Crippen LogP contribution in [0, 0.1) is 0 Å². The molecule has 2 aliphatic rings. The fraction of sp³-hybridized carbons (Fsp3) is 0.458. The summed E-state index contributed by atoms with van der Waals surface area (Å²) >= 11 is 0. The Morgan fingerprint density at radius 3 is 1.59 bits per heavy atom. The lowest BCUT2D eigenvalue weighted by Crippen LogP contribution is -3.00. The molecule has 0 spiro atoms. The summed E-state index contributed by atoms with van der Waals surface area (Å²) in [7, 11) is 0. The first-order valence-electron chi connectivity index (χ1n) is 10.3. The van der Waals surface area contributed by atoms with E-state index in [0.717, 1.165) is 56.9 Å². The molecule has 0 atom stereocenters. The highest BCUT2D eigenvalue weighted by Crippen LogP contribution is 2.39. The molecule has 2 saturated carbocycles. The minimum absolute atomic E-state index is 0. The lowest BCUT2D eigenvalue weighted by molar-refractivity contribution is -0.337. The third-order valence-electron chi connectivity index (χ3n) is 5.30. The highest BCUT2D eigenvalue weighted by molar-refractivity contribution is 5.78. The Hall–Kier alpha value is -2.24. The molecule has 0 aliphatic heterocycles. The molecule has 0 bridgehead atoms. The van der Waals surface area contributed by atoms with Crippen molar-refractivity contribution in [3.8, 4) is 5.75 Å². The molecular formula is C24H32FO4-. The van der Waals surface area contributed by atoms with E-state index in [1.807, 2.05) is 36.4 Å². The third kappa shape index (κ3) is 8.75. The Kier molecular flexibility index (Phi) is 11.8. The van der Waals surface area contributed by atoms with Crippen molar-refractivity contribution in [2.24, 2.45) is 0 Å². The van der Waals surface area contributed by atoms with Crippen LogP contribution < -0.4 is 4.70 Å². The molecule has 2 N–H and O–H groups in total. The number of rotatable bonds is 2. The van der Waals surface area contributed by atoms with Crippen LogP contribution in [0.2, 0.25) is 0 Å². The van der Waals surface area contributed by atoms with Crippen LogP contribution in [0.4, 0.5) is 0 Å². The highest BCUT2D eigenvalue weighted by atomic mass is 19.0. The number of phenols is 1. The molecular weight excluding hydrogens is 371 g/mol. The Morgan fingerprint density at radius 1 is 0.724 bits per heavy atom. The largest absolute Gasteiger partial charge is 1.00 e. The molecule has 5 heteroatoms. The molecule has 2 aromatic carbocycles. The van der Waals surface area contributed by atoms with Gasteiger partial charge in [0.15, 0.2) is 0 Å². The van der Waals surface area contributed by atoms with Crippen molar-refractivity contribution in [2.45, 2.75) is 69.8 Å². The van der Waals surface area contributed by atoms with E-state index in [0.29, 0.717) is 11.5 Å². The zero-order valence-electron chi connectivity index (χ0n) is 16.9. The van der Waals surface area contributed by atoms with Crippen molar-refractivity contribution in [3.63, 3.8) is 0 Å². The average molecular weight is 404 g/mol. The number of halogens is 1. The summed E-state index contributed by atoms with van der Waals surface area (Å²) in [6, 6.07) is 18.7. The maximum absolute atomic E-state index is 10.5. The van der Waals surface area contributed by atoms with Gasteiger partial charge in [-0.05, 0) is 43.4 Å². The Bertz CT molecular complexity index is 662. The Morgan fingerprint density at radius 2 is 1.21 bits per heavy atom. The van der Waals surface area contributed by atoms with Gasteiger partial charge in [0.05, 0.1) is 0 Å². The van der Waals surface area contributed by atoms with E-state index in [1.165, 1.54) is 12.8 Å². The van der Waals surface area contributed by atoms with Crippen molar-refractivity contribution >= 4 is 5.78 Å². The minimum atomic E-state index is -0.431. The summed E-state index contributed by atoms with van der Waals surface area (Å²) in [5.74, 6) is 0.786. The Labute approximate surface area is 172 Å². The number of Topliss-reactive ketones (excluding diaryl/α,β-unsaturated/α-hetero) is 1. The molecule has 2 aliphatic carbocycles. The predicted octanol–water partition coefficient (Wildman–Crippen LogP) is 3.25. The first kappa shape index (κ1) is 24.8. The third-order valence-corrected chi connectivity index (χ3v) is 5.30. The molecule has 0 radical (unpaired) electrons. The quantitative estimate of drug-likeness (QED) is 0.597. The van der Waals surface area contributed by atoms with Crippen LogP contribution in [0.25, 0.3) is 0 Å². The number of carbonyl (C=O) groups excluding carboxylic acids is 1. The lowest BCUT2D eigenvalue weighted by Gasteiger charge is -2.34. The van der Waals surface area contributed by atoms with Crippen molar-refractivity contribution in [3.05, 3.63) is 66.2 Å². The minimum Gasteiger partial charge on any atom is -1.00 e. The van der Waals surface area contributed by atoms with Gasteiger partial charge in [-0.1, -0.05) is 74.2 Å². The summed E-state index contributed by atoms with van der Waals surface area (Å²) in [5, 5.41) is 17.7. The van der Waals surface area contributed by atoms with Gasteiger partial charge in [-0.2, -0.15) is 0 Å². The molecule has 4 nitrogen and oxygen atoms in total. The van der Waals surface area contributed by atoms with E-state index < -0.39 is 5.60 Å². The van der Waals surface area contributed by atoms with Crippen LogP contribution in [0.1, 0.15) is 69.8 Å². The molecule has 29 heavy (non-hydrogen) atoms. The normalized spacial score (nSPS) is 17.5. The standard InChI is InChI=1S/C12H16O2.C6H10O.C6H6O.FH/c13-14-12(9-5-2-6-10-12)11-7-3-1-4-8-11;2*7-6-4-2-1-3-5-6;/h1,3-4,7-8,13H,2,5-6,9-10H2;1-5H2;1-5,7H;1H/p-1. The number of hydrogen-bond acceptors (Lipinski definition) is 4.